The van der Waals surface area contributed by atoms with Crippen LogP contribution in [0.4, 0.5) is 11.5 Å². The van der Waals surface area contributed by atoms with Gasteiger partial charge in [-0.1, -0.05) is 29.8 Å². The smallest absolute Gasteiger partial charge is 0.227 e. The lowest BCUT2D eigenvalue weighted by Crippen LogP contribution is -2.13. The van der Waals surface area contributed by atoms with Crippen LogP contribution >= 0.6 is 0 Å². The Morgan fingerprint density at radius 3 is 2.57 bits per heavy atom. The minimum atomic E-state index is 0.108. The van der Waals surface area contributed by atoms with E-state index in [1.165, 1.54) is 11.1 Å². The number of nitrogens with one attached hydrogen (secondary N) is 2. The van der Waals surface area contributed by atoms with Crippen molar-refractivity contribution in [1.82, 2.24) is 4.98 Å². The molecule has 21 heavy (non-hydrogen) atoms. The number of hydrogen-bond donors (Lipinski definition) is 2. The summed E-state index contributed by atoms with van der Waals surface area (Å²) in [4.78, 5) is 16.0. The summed E-state index contributed by atoms with van der Waals surface area (Å²) >= 11 is 0. The second-order valence-electron chi connectivity index (χ2n) is 5.53. The molecule has 0 bridgehead atoms. The average molecular weight is 281 g/mol. The van der Waals surface area contributed by atoms with Crippen molar-refractivity contribution in [3.05, 3.63) is 53.7 Å². The lowest BCUT2D eigenvalue weighted by atomic mass is 10.1. The number of aromatic nitrogens is 1. The van der Waals surface area contributed by atoms with Crippen molar-refractivity contribution in [2.75, 3.05) is 10.6 Å². The molecule has 0 atom stereocenters. The molecule has 2 N–H and O–H groups in total. The van der Waals surface area contributed by atoms with E-state index in [9.17, 15) is 4.79 Å². The van der Waals surface area contributed by atoms with Gasteiger partial charge in [0.25, 0.3) is 0 Å². The zero-order valence-electron chi connectivity index (χ0n) is 12.1. The second-order valence-corrected chi connectivity index (χ2v) is 5.53. The van der Waals surface area contributed by atoms with E-state index in [0.717, 1.165) is 30.9 Å². The van der Waals surface area contributed by atoms with E-state index in [-0.39, 0.29) is 11.8 Å². The van der Waals surface area contributed by atoms with Gasteiger partial charge in [-0.2, -0.15) is 0 Å². The Bertz CT molecular complexity index is 615. The van der Waals surface area contributed by atoms with E-state index < -0.39 is 0 Å². The quantitative estimate of drug-likeness (QED) is 0.883. The molecule has 0 saturated heterocycles. The molecule has 1 heterocycles. The molecule has 2 aromatic rings. The Kier molecular flexibility index (Phi) is 3.86. The zero-order valence-corrected chi connectivity index (χ0v) is 12.1. The number of amides is 1. The second kappa shape index (κ2) is 5.95. The summed E-state index contributed by atoms with van der Waals surface area (Å²) in [6.07, 6.45) is 3.71. The van der Waals surface area contributed by atoms with Gasteiger partial charge in [-0.25, -0.2) is 4.98 Å². The number of nitrogens with zero attached hydrogens (tertiary/aromatic N) is 1. The minimum Gasteiger partial charge on any atom is -0.366 e. The van der Waals surface area contributed by atoms with Crippen LogP contribution in [0.3, 0.4) is 0 Å². The fourth-order valence-corrected chi connectivity index (χ4v) is 2.06. The van der Waals surface area contributed by atoms with Gasteiger partial charge in [-0.15, -0.1) is 0 Å². The van der Waals surface area contributed by atoms with Gasteiger partial charge in [0, 0.05) is 12.5 Å². The maximum Gasteiger partial charge on any atom is 0.227 e. The van der Waals surface area contributed by atoms with Crippen LogP contribution in [-0.4, -0.2) is 10.9 Å². The molecule has 1 saturated carbocycles. The highest BCUT2D eigenvalue weighted by Gasteiger charge is 2.29. The largest absolute Gasteiger partial charge is 0.366 e. The maximum absolute atomic E-state index is 11.6. The summed E-state index contributed by atoms with van der Waals surface area (Å²) in [5.74, 6) is 1.13. The predicted molar refractivity (Wildman–Crippen MR) is 84.1 cm³/mol. The molecule has 0 radical (unpaired) electrons. The normalized spacial score (nSPS) is 13.8. The SMILES string of the molecule is Cc1ccc(CNc2ccc(NC(=O)C3CC3)cn2)cc1. The van der Waals surface area contributed by atoms with Crippen LogP contribution in [0.25, 0.3) is 0 Å². The molecule has 4 heteroatoms. The number of carbonyl (C=O) groups excluding carboxylic acids is 1. The van der Waals surface area contributed by atoms with Crippen molar-refractivity contribution < 1.29 is 4.79 Å². The first-order chi connectivity index (χ1) is 10.2. The summed E-state index contributed by atoms with van der Waals surface area (Å²) in [5, 5.41) is 6.15. The Morgan fingerprint density at radius 1 is 1.19 bits per heavy atom. The van der Waals surface area contributed by atoms with Crippen LogP contribution in [0.2, 0.25) is 0 Å². The first-order valence-electron chi connectivity index (χ1n) is 7.27. The van der Waals surface area contributed by atoms with Gasteiger partial charge in [-0.05, 0) is 37.5 Å². The lowest BCUT2D eigenvalue weighted by Gasteiger charge is -2.08. The summed E-state index contributed by atoms with van der Waals surface area (Å²) in [5.41, 5.74) is 3.23. The molecule has 4 nitrogen and oxygen atoms in total. The van der Waals surface area contributed by atoms with Gasteiger partial charge in [-0.3, -0.25) is 4.79 Å². The predicted octanol–water partition coefficient (Wildman–Crippen LogP) is 3.35. The average Bonchev–Trinajstić information content (AvgIpc) is 3.33. The molecule has 1 aromatic carbocycles. The first-order valence-corrected chi connectivity index (χ1v) is 7.27. The van der Waals surface area contributed by atoms with Gasteiger partial charge >= 0.3 is 0 Å². The molecule has 1 fully saturated rings. The van der Waals surface area contributed by atoms with Gasteiger partial charge in [0.05, 0.1) is 11.9 Å². The van der Waals surface area contributed by atoms with Crippen LogP contribution in [0.5, 0.6) is 0 Å². The van der Waals surface area contributed by atoms with Gasteiger partial charge < -0.3 is 10.6 Å². The molecule has 1 aromatic heterocycles. The number of hydrogen-bond acceptors (Lipinski definition) is 3. The molecule has 0 spiro atoms. The molecular formula is C17H19N3O. The summed E-state index contributed by atoms with van der Waals surface area (Å²) < 4.78 is 0. The maximum atomic E-state index is 11.6. The van der Waals surface area contributed by atoms with Crippen LogP contribution in [0, 0.1) is 12.8 Å². The van der Waals surface area contributed by atoms with E-state index in [1.807, 2.05) is 12.1 Å². The van der Waals surface area contributed by atoms with Crippen molar-refractivity contribution in [2.24, 2.45) is 5.92 Å². The van der Waals surface area contributed by atoms with Crippen molar-refractivity contribution in [3.63, 3.8) is 0 Å². The van der Waals surface area contributed by atoms with Gasteiger partial charge in [0.15, 0.2) is 0 Å². The van der Waals surface area contributed by atoms with Crippen LogP contribution < -0.4 is 10.6 Å². The number of anilines is 2. The van der Waals surface area contributed by atoms with Gasteiger partial charge in [0.2, 0.25) is 5.91 Å². The van der Waals surface area contributed by atoms with Crippen LogP contribution in [0.1, 0.15) is 24.0 Å². The van der Waals surface area contributed by atoms with Crippen LogP contribution in [0.15, 0.2) is 42.6 Å². The minimum absolute atomic E-state index is 0.108. The lowest BCUT2D eigenvalue weighted by molar-refractivity contribution is -0.117. The third kappa shape index (κ3) is 3.81. The molecule has 1 aliphatic rings. The Hall–Kier alpha value is -2.36. The number of carbonyl (C=O) groups is 1. The summed E-state index contributed by atoms with van der Waals surface area (Å²) in [6.45, 7) is 2.81. The number of aryl methyl sites for hydroxylation is 1. The summed E-state index contributed by atoms with van der Waals surface area (Å²) in [6, 6.07) is 12.2. The fourth-order valence-electron chi connectivity index (χ4n) is 2.06. The van der Waals surface area contributed by atoms with Crippen molar-refractivity contribution in [2.45, 2.75) is 26.3 Å². The molecule has 1 amide bonds. The number of pyridine rings is 1. The monoisotopic (exact) mass is 281 g/mol. The number of rotatable bonds is 5. The highest BCUT2D eigenvalue weighted by atomic mass is 16.2. The highest BCUT2D eigenvalue weighted by Crippen LogP contribution is 2.30. The van der Waals surface area contributed by atoms with Gasteiger partial charge in [0.1, 0.15) is 5.82 Å². The van der Waals surface area contributed by atoms with Crippen LogP contribution in [-0.2, 0) is 11.3 Å². The Balaban J connectivity index is 1.54. The van der Waals surface area contributed by atoms with E-state index in [2.05, 4.69) is 46.8 Å². The fraction of sp³-hybridized carbons (Fsp3) is 0.294. The van der Waals surface area contributed by atoms with E-state index in [1.54, 1.807) is 6.20 Å². The Morgan fingerprint density at radius 2 is 1.95 bits per heavy atom. The number of benzene rings is 1. The van der Waals surface area contributed by atoms with Crippen molar-refractivity contribution in [3.8, 4) is 0 Å². The third-order valence-electron chi connectivity index (χ3n) is 3.57. The topological polar surface area (TPSA) is 54.0 Å². The van der Waals surface area contributed by atoms with E-state index in [4.69, 9.17) is 0 Å². The zero-order chi connectivity index (χ0) is 14.7. The molecule has 1 aliphatic carbocycles. The molecule has 0 unspecified atom stereocenters. The standard InChI is InChI=1S/C17H19N3O/c1-12-2-4-13(5-3-12)10-18-16-9-8-15(11-19-16)20-17(21)14-6-7-14/h2-5,8-9,11,14H,6-7,10H2,1H3,(H,18,19)(H,20,21). The molecule has 108 valence electrons. The van der Waals surface area contributed by atoms with Crippen molar-refractivity contribution >= 4 is 17.4 Å². The van der Waals surface area contributed by atoms with Crippen molar-refractivity contribution in [1.29, 1.82) is 0 Å². The highest BCUT2D eigenvalue weighted by molar-refractivity contribution is 5.93. The summed E-state index contributed by atoms with van der Waals surface area (Å²) in [7, 11) is 0. The van der Waals surface area contributed by atoms with E-state index >= 15 is 0 Å². The first kappa shape index (κ1) is 13.6. The molecule has 3 rings (SSSR count). The Labute approximate surface area is 124 Å². The molecular weight excluding hydrogens is 262 g/mol. The third-order valence-corrected chi connectivity index (χ3v) is 3.57. The van der Waals surface area contributed by atoms with E-state index in [0.29, 0.717) is 0 Å². The molecule has 0 aliphatic heterocycles.